The second-order valence-electron chi connectivity index (χ2n) is 5.01. The summed E-state index contributed by atoms with van der Waals surface area (Å²) in [6, 6.07) is 1.30. The van der Waals surface area contributed by atoms with E-state index in [-0.39, 0.29) is 5.60 Å². The summed E-state index contributed by atoms with van der Waals surface area (Å²) in [4.78, 5) is 0. The zero-order chi connectivity index (χ0) is 9.24. The standard InChI is InChI=1S/C9H19BrOSi/c1-12(2,3)8-9(7-10)5-4-6-11-9/h4-8H2,1-3H3. The highest BCUT2D eigenvalue weighted by atomic mass is 79.9. The van der Waals surface area contributed by atoms with Gasteiger partial charge in [-0.1, -0.05) is 35.6 Å². The number of hydrogen-bond donors (Lipinski definition) is 0. The summed E-state index contributed by atoms with van der Waals surface area (Å²) in [6.45, 7) is 8.22. The van der Waals surface area contributed by atoms with Crippen LogP contribution in [0.2, 0.25) is 25.7 Å². The van der Waals surface area contributed by atoms with Gasteiger partial charge in [-0.25, -0.2) is 0 Å². The van der Waals surface area contributed by atoms with Gasteiger partial charge < -0.3 is 4.74 Å². The Kier molecular flexibility index (Phi) is 3.40. The molecule has 1 atom stereocenters. The second-order valence-corrected chi connectivity index (χ2v) is 11.0. The maximum Gasteiger partial charge on any atom is 0.0756 e. The van der Waals surface area contributed by atoms with Crippen molar-refractivity contribution in [2.45, 2.75) is 44.1 Å². The van der Waals surface area contributed by atoms with Crippen LogP contribution in [0, 0.1) is 0 Å². The van der Waals surface area contributed by atoms with Gasteiger partial charge in [-0.3, -0.25) is 0 Å². The summed E-state index contributed by atoms with van der Waals surface area (Å²) >= 11 is 3.58. The first-order valence-electron chi connectivity index (χ1n) is 4.67. The number of ether oxygens (including phenoxy) is 1. The molecule has 1 aliphatic rings. The van der Waals surface area contributed by atoms with Crippen molar-refractivity contribution in [1.29, 1.82) is 0 Å². The Labute approximate surface area is 85.0 Å². The minimum atomic E-state index is -0.971. The van der Waals surface area contributed by atoms with E-state index in [1.54, 1.807) is 0 Å². The predicted molar refractivity (Wildman–Crippen MR) is 59.9 cm³/mol. The maximum absolute atomic E-state index is 5.85. The van der Waals surface area contributed by atoms with Crippen LogP contribution in [-0.4, -0.2) is 25.6 Å². The average molecular weight is 251 g/mol. The van der Waals surface area contributed by atoms with Crippen LogP contribution in [-0.2, 0) is 4.74 Å². The van der Waals surface area contributed by atoms with Gasteiger partial charge >= 0.3 is 0 Å². The third-order valence-electron chi connectivity index (χ3n) is 2.28. The smallest absolute Gasteiger partial charge is 0.0756 e. The maximum atomic E-state index is 5.85. The zero-order valence-corrected chi connectivity index (χ0v) is 10.9. The molecule has 0 bridgehead atoms. The molecule has 0 aliphatic carbocycles. The molecule has 1 nitrogen and oxygen atoms in total. The molecule has 0 spiro atoms. The Morgan fingerprint density at radius 3 is 2.42 bits per heavy atom. The second kappa shape index (κ2) is 3.80. The molecular weight excluding hydrogens is 232 g/mol. The first-order valence-corrected chi connectivity index (χ1v) is 9.50. The fourth-order valence-corrected chi connectivity index (χ4v) is 5.36. The normalized spacial score (nSPS) is 31.0. The van der Waals surface area contributed by atoms with Gasteiger partial charge in [-0.05, 0) is 18.9 Å². The first-order chi connectivity index (χ1) is 5.47. The molecule has 0 amide bonds. The van der Waals surface area contributed by atoms with Gasteiger partial charge in [0, 0.05) is 20.0 Å². The van der Waals surface area contributed by atoms with Gasteiger partial charge in [-0.15, -0.1) is 0 Å². The van der Waals surface area contributed by atoms with E-state index in [1.165, 1.54) is 18.9 Å². The quantitative estimate of drug-likeness (QED) is 0.552. The lowest BCUT2D eigenvalue weighted by molar-refractivity contribution is 0.0407. The minimum absolute atomic E-state index is 0.199. The van der Waals surface area contributed by atoms with Gasteiger partial charge in [0.15, 0.2) is 0 Å². The van der Waals surface area contributed by atoms with Crippen molar-refractivity contribution < 1.29 is 4.74 Å². The molecule has 0 saturated carbocycles. The SMILES string of the molecule is C[Si](C)(C)CC1(CBr)CCCO1. The molecule has 1 heterocycles. The van der Waals surface area contributed by atoms with Gasteiger partial charge in [-0.2, -0.15) is 0 Å². The van der Waals surface area contributed by atoms with Crippen LogP contribution in [0.1, 0.15) is 12.8 Å². The highest BCUT2D eigenvalue weighted by Crippen LogP contribution is 2.35. The number of alkyl halides is 1. The Morgan fingerprint density at radius 1 is 1.42 bits per heavy atom. The molecule has 1 aliphatic heterocycles. The van der Waals surface area contributed by atoms with Gasteiger partial charge in [0.05, 0.1) is 5.60 Å². The third-order valence-corrected chi connectivity index (χ3v) is 5.01. The first kappa shape index (κ1) is 10.7. The summed E-state index contributed by atoms with van der Waals surface area (Å²) < 4.78 is 5.85. The largest absolute Gasteiger partial charge is 0.374 e. The Hall–Kier alpha value is 0.657. The lowest BCUT2D eigenvalue weighted by Gasteiger charge is -2.32. The fourth-order valence-electron chi connectivity index (χ4n) is 2.01. The number of halogens is 1. The van der Waals surface area contributed by atoms with E-state index in [2.05, 4.69) is 35.6 Å². The average Bonchev–Trinajstić information content (AvgIpc) is 2.34. The summed E-state index contributed by atoms with van der Waals surface area (Å²) in [5.74, 6) is 0. The molecule has 0 aromatic carbocycles. The van der Waals surface area contributed by atoms with E-state index in [4.69, 9.17) is 4.74 Å². The van der Waals surface area contributed by atoms with Crippen LogP contribution in [0.3, 0.4) is 0 Å². The van der Waals surface area contributed by atoms with E-state index in [0.717, 1.165) is 11.9 Å². The monoisotopic (exact) mass is 250 g/mol. The molecule has 72 valence electrons. The lowest BCUT2D eigenvalue weighted by atomic mass is 10.1. The molecule has 1 saturated heterocycles. The van der Waals surface area contributed by atoms with E-state index in [1.807, 2.05) is 0 Å². The van der Waals surface area contributed by atoms with Crippen molar-refractivity contribution in [2.24, 2.45) is 0 Å². The van der Waals surface area contributed by atoms with Crippen molar-refractivity contribution in [3.8, 4) is 0 Å². The summed E-state index contributed by atoms with van der Waals surface area (Å²) in [5, 5.41) is 1.02. The molecule has 1 rings (SSSR count). The van der Waals surface area contributed by atoms with E-state index >= 15 is 0 Å². The molecule has 1 fully saturated rings. The van der Waals surface area contributed by atoms with Crippen LogP contribution in [0.4, 0.5) is 0 Å². The van der Waals surface area contributed by atoms with Crippen LogP contribution in [0.25, 0.3) is 0 Å². The van der Waals surface area contributed by atoms with Crippen LogP contribution >= 0.6 is 15.9 Å². The zero-order valence-electron chi connectivity index (χ0n) is 8.32. The number of rotatable bonds is 3. The van der Waals surface area contributed by atoms with E-state index < -0.39 is 8.07 Å². The Bertz CT molecular complexity index is 147. The highest BCUT2D eigenvalue weighted by molar-refractivity contribution is 9.09. The minimum Gasteiger partial charge on any atom is -0.374 e. The van der Waals surface area contributed by atoms with Gasteiger partial charge in [0.2, 0.25) is 0 Å². The van der Waals surface area contributed by atoms with E-state index in [9.17, 15) is 0 Å². The lowest BCUT2D eigenvalue weighted by Crippen LogP contribution is -2.38. The van der Waals surface area contributed by atoms with Crippen LogP contribution in [0.15, 0.2) is 0 Å². The highest BCUT2D eigenvalue weighted by Gasteiger charge is 2.38. The fraction of sp³-hybridized carbons (Fsp3) is 1.00. The molecular formula is C9H19BrOSi. The van der Waals surface area contributed by atoms with Crippen molar-refractivity contribution in [1.82, 2.24) is 0 Å². The molecule has 12 heavy (non-hydrogen) atoms. The summed E-state index contributed by atoms with van der Waals surface area (Å²) in [7, 11) is -0.971. The van der Waals surface area contributed by atoms with Crippen molar-refractivity contribution in [2.75, 3.05) is 11.9 Å². The van der Waals surface area contributed by atoms with Crippen molar-refractivity contribution in [3.63, 3.8) is 0 Å². The molecule has 0 radical (unpaired) electrons. The molecule has 0 aromatic heterocycles. The third kappa shape index (κ3) is 2.86. The molecule has 1 unspecified atom stereocenters. The Balaban J connectivity index is 2.55. The number of hydrogen-bond acceptors (Lipinski definition) is 1. The van der Waals surface area contributed by atoms with Gasteiger partial charge in [0.25, 0.3) is 0 Å². The summed E-state index contributed by atoms with van der Waals surface area (Å²) in [6.07, 6.45) is 2.50. The molecule has 3 heteroatoms. The summed E-state index contributed by atoms with van der Waals surface area (Å²) in [5.41, 5.74) is 0.199. The van der Waals surface area contributed by atoms with Gasteiger partial charge in [0.1, 0.15) is 0 Å². The Morgan fingerprint density at radius 2 is 2.08 bits per heavy atom. The van der Waals surface area contributed by atoms with Crippen LogP contribution < -0.4 is 0 Å². The van der Waals surface area contributed by atoms with E-state index in [0.29, 0.717) is 0 Å². The molecule has 0 aromatic rings. The predicted octanol–water partition coefficient (Wildman–Crippen LogP) is 3.27. The van der Waals surface area contributed by atoms with Crippen molar-refractivity contribution >= 4 is 24.0 Å². The molecule has 0 N–H and O–H groups in total. The van der Waals surface area contributed by atoms with Crippen LogP contribution in [0.5, 0.6) is 0 Å². The van der Waals surface area contributed by atoms with Crippen molar-refractivity contribution in [3.05, 3.63) is 0 Å². The topological polar surface area (TPSA) is 9.23 Å².